The molecule has 4 saturated carbocycles. The van der Waals surface area contributed by atoms with Gasteiger partial charge < -0.3 is 14.6 Å². The van der Waals surface area contributed by atoms with Crippen LogP contribution in [0.1, 0.15) is 44.3 Å². The highest BCUT2D eigenvalue weighted by molar-refractivity contribution is 5.77. The molecule has 0 aromatic carbocycles. The standard InChI is InChI=1S/C18H26N2O2/c1-20(11-16-3-2-4-22-16)12-17(21)19-18-8-13-5-14(9-18)7-15(6-13)10-18/h2-4,13-15H,5-12H2,1H3,(H,19,21)/p+1. The summed E-state index contributed by atoms with van der Waals surface area (Å²) in [6.45, 7) is 1.30. The number of furan rings is 1. The molecular weight excluding hydrogens is 276 g/mol. The van der Waals surface area contributed by atoms with Crippen LogP contribution in [0.2, 0.25) is 0 Å². The number of likely N-dealkylation sites (N-methyl/N-ethyl adjacent to an activating group) is 1. The van der Waals surface area contributed by atoms with Crippen molar-refractivity contribution in [2.75, 3.05) is 13.6 Å². The lowest BCUT2D eigenvalue weighted by atomic mass is 9.53. The van der Waals surface area contributed by atoms with Gasteiger partial charge in [0, 0.05) is 5.54 Å². The van der Waals surface area contributed by atoms with Gasteiger partial charge in [0.05, 0.1) is 13.3 Å². The van der Waals surface area contributed by atoms with Gasteiger partial charge in [0.1, 0.15) is 6.54 Å². The van der Waals surface area contributed by atoms with Gasteiger partial charge in [-0.1, -0.05) is 0 Å². The van der Waals surface area contributed by atoms with E-state index in [9.17, 15) is 4.79 Å². The van der Waals surface area contributed by atoms with Crippen molar-refractivity contribution in [2.45, 2.75) is 50.6 Å². The summed E-state index contributed by atoms with van der Waals surface area (Å²) in [4.78, 5) is 13.7. The third-order valence-corrected chi connectivity index (χ3v) is 5.96. The molecule has 0 aliphatic heterocycles. The molecule has 4 fully saturated rings. The van der Waals surface area contributed by atoms with E-state index in [2.05, 4.69) is 12.4 Å². The van der Waals surface area contributed by atoms with Crippen LogP contribution >= 0.6 is 0 Å². The lowest BCUT2D eigenvalue weighted by molar-refractivity contribution is -0.886. The molecule has 4 nitrogen and oxygen atoms in total. The monoisotopic (exact) mass is 303 g/mol. The molecule has 1 unspecified atom stereocenters. The van der Waals surface area contributed by atoms with Gasteiger partial charge in [-0.15, -0.1) is 0 Å². The van der Waals surface area contributed by atoms with Crippen LogP contribution in [0.4, 0.5) is 0 Å². The summed E-state index contributed by atoms with van der Waals surface area (Å²) >= 11 is 0. The van der Waals surface area contributed by atoms with Crippen molar-refractivity contribution < 1.29 is 14.1 Å². The minimum absolute atomic E-state index is 0.136. The lowest BCUT2D eigenvalue weighted by Gasteiger charge is -2.56. The second-order valence-corrected chi connectivity index (χ2v) is 8.14. The Kier molecular flexibility index (Phi) is 3.52. The maximum absolute atomic E-state index is 12.5. The van der Waals surface area contributed by atoms with E-state index in [4.69, 9.17) is 4.42 Å². The van der Waals surface area contributed by atoms with E-state index in [0.29, 0.717) is 6.54 Å². The van der Waals surface area contributed by atoms with E-state index < -0.39 is 0 Å². The van der Waals surface area contributed by atoms with Gasteiger partial charge in [-0.05, 0) is 68.4 Å². The van der Waals surface area contributed by atoms with Crippen LogP contribution in [-0.2, 0) is 11.3 Å². The third-order valence-electron chi connectivity index (χ3n) is 5.96. The third kappa shape index (κ3) is 2.81. The highest BCUT2D eigenvalue weighted by Crippen LogP contribution is 2.55. The molecule has 1 heterocycles. The average Bonchev–Trinajstić information content (AvgIpc) is 2.88. The summed E-state index contributed by atoms with van der Waals surface area (Å²) in [6, 6.07) is 3.87. The molecule has 5 rings (SSSR count). The zero-order valence-electron chi connectivity index (χ0n) is 13.4. The van der Waals surface area contributed by atoms with E-state index in [-0.39, 0.29) is 11.4 Å². The highest BCUT2D eigenvalue weighted by Gasteiger charge is 2.51. The molecule has 120 valence electrons. The maximum atomic E-state index is 12.5. The normalized spacial score (nSPS) is 37.2. The van der Waals surface area contributed by atoms with Gasteiger partial charge in [0.2, 0.25) is 0 Å². The average molecular weight is 303 g/mol. The van der Waals surface area contributed by atoms with Gasteiger partial charge in [-0.2, -0.15) is 0 Å². The molecule has 4 bridgehead atoms. The van der Waals surface area contributed by atoms with Crippen molar-refractivity contribution in [3.05, 3.63) is 24.2 Å². The molecule has 2 N–H and O–H groups in total. The second-order valence-electron chi connectivity index (χ2n) is 8.14. The van der Waals surface area contributed by atoms with Crippen molar-refractivity contribution >= 4 is 5.91 Å². The topological polar surface area (TPSA) is 46.7 Å². The molecule has 22 heavy (non-hydrogen) atoms. The highest BCUT2D eigenvalue weighted by atomic mass is 16.3. The van der Waals surface area contributed by atoms with E-state index in [1.54, 1.807) is 6.26 Å². The maximum Gasteiger partial charge on any atom is 0.275 e. The molecule has 1 aromatic heterocycles. The van der Waals surface area contributed by atoms with Crippen LogP contribution in [0.3, 0.4) is 0 Å². The summed E-state index contributed by atoms with van der Waals surface area (Å²) in [7, 11) is 2.06. The van der Waals surface area contributed by atoms with Crippen molar-refractivity contribution in [1.29, 1.82) is 0 Å². The predicted octanol–water partition coefficient (Wildman–Crippen LogP) is 1.38. The van der Waals surface area contributed by atoms with Crippen LogP contribution in [0, 0.1) is 17.8 Å². The molecule has 4 aliphatic carbocycles. The first-order chi connectivity index (χ1) is 10.6. The van der Waals surface area contributed by atoms with E-state index in [1.165, 1.54) is 43.4 Å². The van der Waals surface area contributed by atoms with Crippen LogP contribution in [-0.4, -0.2) is 25.0 Å². The Morgan fingerprint density at radius 1 is 1.27 bits per heavy atom. The second kappa shape index (κ2) is 5.41. The van der Waals surface area contributed by atoms with Crippen LogP contribution < -0.4 is 10.2 Å². The van der Waals surface area contributed by atoms with Gasteiger partial charge >= 0.3 is 0 Å². The number of carbonyl (C=O) groups is 1. The van der Waals surface area contributed by atoms with Crippen molar-refractivity contribution in [1.82, 2.24) is 5.32 Å². The minimum atomic E-state index is 0.136. The summed E-state index contributed by atoms with van der Waals surface area (Å²) < 4.78 is 5.37. The number of quaternary nitrogens is 1. The molecular formula is C18H27N2O2+. The molecule has 1 amide bonds. The number of hydrogen-bond donors (Lipinski definition) is 2. The predicted molar refractivity (Wildman–Crippen MR) is 83.2 cm³/mol. The Labute approximate surface area is 132 Å². The smallest absolute Gasteiger partial charge is 0.275 e. The number of hydrogen-bond acceptors (Lipinski definition) is 2. The Morgan fingerprint density at radius 2 is 1.91 bits per heavy atom. The lowest BCUT2D eigenvalue weighted by Crippen LogP contribution is -3.09. The van der Waals surface area contributed by atoms with Gasteiger partial charge in [-0.25, -0.2) is 0 Å². The largest absolute Gasteiger partial charge is 0.463 e. The molecule has 0 radical (unpaired) electrons. The van der Waals surface area contributed by atoms with E-state index in [1.807, 2.05) is 12.1 Å². The molecule has 1 atom stereocenters. The van der Waals surface area contributed by atoms with Crippen LogP contribution in [0.15, 0.2) is 22.8 Å². The molecule has 0 spiro atoms. The fourth-order valence-electron chi connectivity index (χ4n) is 5.65. The fourth-order valence-corrected chi connectivity index (χ4v) is 5.65. The first-order valence-corrected chi connectivity index (χ1v) is 8.75. The number of amides is 1. The summed E-state index contributed by atoms with van der Waals surface area (Å²) in [5.41, 5.74) is 0.136. The molecule has 4 aliphatic rings. The Balaban J connectivity index is 1.34. The Morgan fingerprint density at radius 3 is 2.45 bits per heavy atom. The summed E-state index contributed by atoms with van der Waals surface area (Å²) in [5.74, 6) is 3.78. The first-order valence-electron chi connectivity index (χ1n) is 8.75. The first kappa shape index (κ1) is 14.3. The molecule has 4 heteroatoms. The van der Waals surface area contributed by atoms with Gasteiger partial charge in [0.15, 0.2) is 12.3 Å². The fraction of sp³-hybridized carbons (Fsp3) is 0.722. The minimum Gasteiger partial charge on any atom is -0.463 e. The van der Waals surface area contributed by atoms with Crippen LogP contribution in [0.25, 0.3) is 0 Å². The Hall–Kier alpha value is -1.29. The van der Waals surface area contributed by atoms with Crippen molar-refractivity contribution in [3.63, 3.8) is 0 Å². The number of nitrogens with one attached hydrogen (secondary N) is 2. The van der Waals surface area contributed by atoms with Crippen molar-refractivity contribution in [2.24, 2.45) is 17.8 Å². The summed E-state index contributed by atoms with van der Waals surface area (Å²) in [6.07, 6.45) is 9.61. The van der Waals surface area contributed by atoms with Crippen molar-refractivity contribution in [3.8, 4) is 0 Å². The molecule has 1 aromatic rings. The quantitative estimate of drug-likeness (QED) is 0.863. The zero-order chi connectivity index (χ0) is 15.2. The number of rotatable bonds is 5. The van der Waals surface area contributed by atoms with Gasteiger partial charge in [0.25, 0.3) is 5.91 Å². The van der Waals surface area contributed by atoms with E-state index >= 15 is 0 Å². The zero-order valence-corrected chi connectivity index (χ0v) is 13.4. The van der Waals surface area contributed by atoms with Gasteiger partial charge in [-0.3, -0.25) is 4.79 Å². The van der Waals surface area contributed by atoms with E-state index in [0.717, 1.165) is 30.1 Å². The Bertz CT molecular complexity index is 502. The number of carbonyl (C=O) groups excluding carboxylic acids is 1. The van der Waals surface area contributed by atoms with Crippen LogP contribution in [0.5, 0.6) is 0 Å². The summed E-state index contributed by atoms with van der Waals surface area (Å²) in [5, 5.41) is 3.44. The molecule has 0 saturated heterocycles. The SMILES string of the molecule is C[NH+](CC(=O)NC12CC3CC(CC(C3)C1)C2)Cc1ccco1.